The Morgan fingerprint density at radius 3 is 2.32 bits per heavy atom. The lowest BCUT2D eigenvalue weighted by Gasteiger charge is -2.40. The zero-order valence-corrected chi connectivity index (χ0v) is 13.3. The van der Waals surface area contributed by atoms with Gasteiger partial charge in [-0.15, -0.1) is 0 Å². The van der Waals surface area contributed by atoms with Crippen LogP contribution >= 0.6 is 0 Å². The van der Waals surface area contributed by atoms with E-state index < -0.39 is 0 Å². The van der Waals surface area contributed by atoms with Crippen LogP contribution in [-0.2, 0) is 6.42 Å². The van der Waals surface area contributed by atoms with Crippen molar-refractivity contribution in [3.8, 4) is 0 Å². The molecule has 1 fully saturated rings. The van der Waals surface area contributed by atoms with E-state index in [-0.39, 0.29) is 0 Å². The lowest BCUT2D eigenvalue weighted by atomic mass is 9.64. The zero-order valence-electron chi connectivity index (χ0n) is 13.3. The van der Waals surface area contributed by atoms with E-state index >= 15 is 0 Å². The number of benzene rings is 2. The maximum absolute atomic E-state index is 2.40. The summed E-state index contributed by atoms with van der Waals surface area (Å²) >= 11 is 0. The second-order valence-corrected chi connectivity index (χ2v) is 6.94. The molecule has 113 valence electrons. The molecule has 0 heterocycles. The minimum absolute atomic E-state index is 0.750. The number of hydrogen-bond donors (Lipinski definition) is 0. The molecule has 0 bridgehead atoms. The first-order valence-electron chi connectivity index (χ1n) is 8.92. The summed E-state index contributed by atoms with van der Waals surface area (Å²) in [5, 5.41) is 0. The average Bonchev–Trinajstić information content (AvgIpc) is 2.62. The van der Waals surface area contributed by atoms with E-state index in [1.165, 1.54) is 50.5 Å². The first-order chi connectivity index (χ1) is 10.9. The third-order valence-electron chi connectivity index (χ3n) is 5.70. The van der Waals surface area contributed by atoms with Crippen LogP contribution in [0.1, 0.15) is 61.1 Å². The van der Waals surface area contributed by atoms with Gasteiger partial charge in [-0.1, -0.05) is 67.4 Å². The molecule has 1 radical (unpaired) electrons. The number of hydrogen-bond acceptors (Lipinski definition) is 0. The molecular formula is C22H25. The van der Waals surface area contributed by atoms with Gasteiger partial charge in [0, 0.05) is 5.92 Å². The Morgan fingerprint density at radius 1 is 0.636 bits per heavy atom. The van der Waals surface area contributed by atoms with Crippen molar-refractivity contribution in [1.29, 1.82) is 0 Å². The fourth-order valence-corrected chi connectivity index (χ4v) is 4.70. The van der Waals surface area contributed by atoms with Crippen LogP contribution in [0.25, 0.3) is 0 Å². The topological polar surface area (TPSA) is 0 Å². The smallest absolute Gasteiger partial charge is 0.00867 e. The van der Waals surface area contributed by atoms with Crippen molar-refractivity contribution < 1.29 is 0 Å². The summed E-state index contributed by atoms with van der Waals surface area (Å²) in [5.74, 6) is 3.24. The van der Waals surface area contributed by atoms with Crippen molar-refractivity contribution in [2.75, 3.05) is 0 Å². The molecule has 2 aromatic rings. The molecule has 22 heavy (non-hydrogen) atoms. The average molecular weight is 289 g/mol. The second-order valence-electron chi connectivity index (χ2n) is 6.94. The monoisotopic (exact) mass is 289 g/mol. The molecule has 2 aliphatic carbocycles. The van der Waals surface area contributed by atoms with Gasteiger partial charge in [0.05, 0.1) is 0 Å². The summed E-state index contributed by atoms with van der Waals surface area (Å²) < 4.78 is 0. The summed E-state index contributed by atoms with van der Waals surface area (Å²) in [6, 6.07) is 20.4. The van der Waals surface area contributed by atoms with Gasteiger partial charge in [0.15, 0.2) is 0 Å². The Kier molecular flexibility index (Phi) is 4.01. The molecule has 0 aromatic heterocycles. The van der Waals surface area contributed by atoms with Crippen LogP contribution in [0.4, 0.5) is 0 Å². The van der Waals surface area contributed by atoms with Gasteiger partial charge < -0.3 is 0 Å². The molecule has 0 heteroatoms. The number of rotatable bonds is 2. The minimum Gasteiger partial charge on any atom is -0.0622 e. The largest absolute Gasteiger partial charge is 0.0622 e. The molecule has 0 saturated heterocycles. The molecule has 0 spiro atoms. The maximum atomic E-state index is 2.40. The normalized spacial score (nSPS) is 25.6. The van der Waals surface area contributed by atoms with Crippen LogP contribution in [0.15, 0.2) is 54.6 Å². The Hall–Kier alpha value is -1.56. The van der Waals surface area contributed by atoms with Gasteiger partial charge in [-0.25, -0.2) is 0 Å². The lowest BCUT2D eigenvalue weighted by Crippen LogP contribution is -2.27. The zero-order chi connectivity index (χ0) is 14.8. The second kappa shape index (κ2) is 6.28. The first-order valence-corrected chi connectivity index (χ1v) is 8.92. The highest BCUT2D eigenvalue weighted by Gasteiger charge is 2.35. The van der Waals surface area contributed by atoms with E-state index in [0.717, 1.165) is 11.8 Å². The summed E-state index contributed by atoms with van der Waals surface area (Å²) in [4.78, 5) is 0. The van der Waals surface area contributed by atoms with Gasteiger partial charge in [-0.2, -0.15) is 0 Å². The lowest BCUT2D eigenvalue weighted by molar-refractivity contribution is 0.322. The Bertz CT molecular complexity index is 613. The van der Waals surface area contributed by atoms with Crippen molar-refractivity contribution in [3.63, 3.8) is 0 Å². The third kappa shape index (κ3) is 2.60. The molecule has 0 amide bonds. The third-order valence-corrected chi connectivity index (χ3v) is 5.70. The summed E-state index contributed by atoms with van der Waals surface area (Å²) in [6.07, 6.45) is 9.46. The molecule has 0 nitrogen and oxygen atoms in total. The molecule has 0 aliphatic heterocycles. The Labute approximate surface area is 134 Å². The van der Waals surface area contributed by atoms with E-state index in [4.69, 9.17) is 0 Å². The summed E-state index contributed by atoms with van der Waals surface area (Å²) in [7, 11) is 0. The maximum Gasteiger partial charge on any atom is 0.00867 e. The van der Waals surface area contributed by atoms with E-state index in [1.54, 1.807) is 17.0 Å². The highest BCUT2D eigenvalue weighted by molar-refractivity contribution is 5.39. The summed E-state index contributed by atoms with van der Waals surface area (Å²) in [5.41, 5.74) is 4.75. The van der Waals surface area contributed by atoms with Crippen LogP contribution in [-0.4, -0.2) is 0 Å². The van der Waals surface area contributed by atoms with Gasteiger partial charge in [-0.3, -0.25) is 0 Å². The van der Waals surface area contributed by atoms with Crippen molar-refractivity contribution in [3.05, 3.63) is 77.2 Å². The van der Waals surface area contributed by atoms with Gasteiger partial charge in [0.25, 0.3) is 0 Å². The number of fused-ring (bicyclic) bond motifs is 1. The molecule has 2 atom stereocenters. The molecule has 1 saturated carbocycles. The van der Waals surface area contributed by atoms with E-state index in [2.05, 4.69) is 54.6 Å². The van der Waals surface area contributed by atoms with Crippen LogP contribution < -0.4 is 0 Å². The van der Waals surface area contributed by atoms with Crippen molar-refractivity contribution >= 4 is 0 Å². The van der Waals surface area contributed by atoms with Gasteiger partial charge in [-0.05, 0) is 60.6 Å². The van der Waals surface area contributed by atoms with E-state index in [9.17, 15) is 0 Å². The van der Waals surface area contributed by atoms with E-state index in [1.807, 2.05) is 0 Å². The number of aryl methyl sites for hydroxylation is 1. The van der Waals surface area contributed by atoms with Gasteiger partial charge in [0.1, 0.15) is 0 Å². The highest BCUT2D eigenvalue weighted by atomic mass is 14.4. The molecule has 2 aliphatic rings. The Morgan fingerprint density at radius 2 is 1.41 bits per heavy atom. The van der Waals surface area contributed by atoms with Crippen molar-refractivity contribution in [2.45, 2.75) is 50.9 Å². The van der Waals surface area contributed by atoms with Gasteiger partial charge in [0.2, 0.25) is 0 Å². The first kappa shape index (κ1) is 14.1. The Balaban J connectivity index is 1.68. The predicted molar refractivity (Wildman–Crippen MR) is 92.9 cm³/mol. The van der Waals surface area contributed by atoms with Crippen molar-refractivity contribution in [2.24, 2.45) is 5.92 Å². The van der Waals surface area contributed by atoms with Crippen LogP contribution in [0.2, 0.25) is 0 Å². The van der Waals surface area contributed by atoms with Crippen LogP contribution in [0, 0.1) is 11.8 Å². The van der Waals surface area contributed by atoms with Crippen molar-refractivity contribution in [1.82, 2.24) is 0 Å². The molecule has 2 aromatic carbocycles. The fourth-order valence-electron chi connectivity index (χ4n) is 4.70. The SMILES string of the molecule is c1ccc([C]2CCCC[C@@H]2[C@H]2CCCc3ccccc32)cc1. The minimum atomic E-state index is 0.750. The molecule has 0 N–H and O–H groups in total. The molecule has 4 rings (SSSR count). The van der Waals surface area contributed by atoms with Crippen LogP contribution in [0.5, 0.6) is 0 Å². The quantitative estimate of drug-likeness (QED) is 0.643. The molecule has 0 unspecified atom stereocenters. The fraction of sp³-hybridized carbons (Fsp3) is 0.409. The molecular weight excluding hydrogens is 264 g/mol. The standard InChI is InChI=1S/C22H25/c1-2-9-17(10-3-1)19-14-6-7-15-21(19)22-16-8-12-18-11-4-5-13-20(18)22/h1-5,9-11,13,21-22H,6-8,12,14-16H2/t21-,22-/m0/s1. The van der Waals surface area contributed by atoms with Crippen LogP contribution in [0.3, 0.4) is 0 Å². The van der Waals surface area contributed by atoms with Gasteiger partial charge >= 0.3 is 0 Å². The van der Waals surface area contributed by atoms with E-state index in [0.29, 0.717) is 0 Å². The summed E-state index contributed by atoms with van der Waals surface area (Å²) in [6.45, 7) is 0. The highest BCUT2D eigenvalue weighted by Crippen LogP contribution is 2.48. The predicted octanol–water partition coefficient (Wildman–Crippen LogP) is 5.92.